The molecule has 2 aromatic heterocycles. The normalized spacial score (nSPS) is 15.7. The molecule has 0 unspecified atom stereocenters. The van der Waals surface area contributed by atoms with Crippen LogP contribution in [0.4, 0.5) is 18.9 Å². The predicted molar refractivity (Wildman–Crippen MR) is 126 cm³/mol. The largest absolute Gasteiger partial charge is 0.416 e. The molecule has 3 aromatic rings. The molecule has 0 aliphatic carbocycles. The van der Waals surface area contributed by atoms with Gasteiger partial charge in [0.1, 0.15) is 11.4 Å². The average molecular weight is 494 g/mol. The molecule has 0 saturated carbocycles. The summed E-state index contributed by atoms with van der Waals surface area (Å²) in [6.45, 7) is 4.83. The smallest absolute Gasteiger partial charge is 0.325 e. The van der Waals surface area contributed by atoms with Gasteiger partial charge in [0, 0.05) is 43.3 Å². The second-order valence-electron chi connectivity index (χ2n) is 8.46. The van der Waals surface area contributed by atoms with Crippen molar-refractivity contribution in [3.63, 3.8) is 0 Å². The number of halogens is 3. The van der Waals surface area contributed by atoms with Crippen LogP contribution in [0.2, 0.25) is 0 Å². The number of aromatic nitrogens is 2. The lowest BCUT2D eigenvalue weighted by Gasteiger charge is -2.33. The number of rotatable bonds is 6. The number of thiophene rings is 1. The number of piperazine rings is 1. The van der Waals surface area contributed by atoms with Gasteiger partial charge in [-0.25, -0.2) is 4.98 Å². The van der Waals surface area contributed by atoms with Gasteiger partial charge in [-0.2, -0.15) is 13.2 Å². The number of aryl methyl sites for hydroxylation is 1. The van der Waals surface area contributed by atoms with E-state index in [0.717, 1.165) is 35.0 Å². The monoisotopic (exact) mass is 493 g/mol. The van der Waals surface area contributed by atoms with Crippen molar-refractivity contribution >= 4 is 33.1 Å². The second-order valence-corrected chi connectivity index (χ2v) is 9.58. The Bertz CT molecular complexity index is 1250. The Morgan fingerprint density at radius 3 is 2.59 bits per heavy atom. The number of anilines is 1. The van der Waals surface area contributed by atoms with Crippen LogP contribution in [0.3, 0.4) is 0 Å². The van der Waals surface area contributed by atoms with Crippen molar-refractivity contribution in [3.05, 3.63) is 57.0 Å². The number of hydrogen-bond acceptors (Lipinski definition) is 6. The van der Waals surface area contributed by atoms with Crippen molar-refractivity contribution in [2.45, 2.75) is 32.6 Å². The molecule has 1 amide bonds. The first-order valence-electron chi connectivity index (χ1n) is 11.0. The van der Waals surface area contributed by atoms with Crippen LogP contribution in [0, 0.1) is 0 Å². The van der Waals surface area contributed by atoms with Crippen LogP contribution in [-0.2, 0) is 30.5 Å². The summed E-state index contributed by atoms with van der Waals surface area (Å²) in [5.41, 5.74) is -0.917. The number of amides is 1. The minimum atomic E-state index is -4.55. The standard InChI is InChI=1S/C23H26F3N5O2S/c1-3-17-11-18-21(34-17)27-14-31(22(18)33)13-20(32)28-16-5-4-15(19(10-16)23(24,25)26)12-30-8-6-29(2)7-9-30/h4-5,10-11,14H,3,6-9,12-13H2,1-2H3,(H,28,32). The Morgan fingerprint density at radius 1 is 1.18 bits per heavy atom. The third-order valence-electron chi connectivity index (χ3n) is 5.92. The zero-order valence-corrected chi connectivity index (χ0v) is 19.8. The molecule has 0 bridgehead atoms. The topological polar surface area (TPSA) is 70.5 Å². The van der Waals surface area contributed by atoms with Crippen LogP contribution in [0.15, 0.2) is 35.4 Å². The molecule has 1 fully saturated rings. The lowest BCUT2D eigenvalue weighted by atomic mass is 10.0. The quantitative estimate of drug-likeness (QED) is 0.570. The molecular formula is C23H26F3N5O2S. The Labute approximate surface area is 198 Å². The van der Waals surface area contributed by atoms with Gasteiger partial charge >= 0.3 is 6.18 Å². The molecule has 1 aromatic carbocycles. The molecule has 0 atom stereocenters. The summed E-state index contributed by atoms with van der Waals surface area (Å²) in [4.78, 5) is 35.2. The third-order valence-corrected chi connectivity index (χ3v) is 7.11. The molecule has 1 aliphatic rings. The molecule has 182 valence electrons. The van der Waals surface area contributed by atoms with Crippen molar-refractivity contribution in [1.29, 1.82) is 0 Å². The minimum absolute atomic E-state index is 0.0327. The summed E-state index contributed by atoms with van der Waals surface area (Å²) >= 11 is 1.42. The van der Waals surface area contributed by atoms with Crippen LogP contribution in [0.25, 0.3) is 10.2 Å². The molecule has 34 heavy (non-hydrogen) atoms. The van der Waals surface area contributed by atoms with E-state index in [1.165, 1.54) is 29.8 Å². The number of hydrogen-bond donors (Lipinski definition) is 1. The van der Waals surface area contributed by atoms with E-state index in [2.05, 4.69) is 15.2 Å². The Hall–Kier alpha value is -2.76. The summed E-state index contributed by atoms with van der Waals surface area (Å²) < 4.78 is 42.5. The predicted octanol–water partition coefficient (Wildman–Crippen LogP) is 3.43. The zero-order chi connectivity index (χ0) is 24.5. The van der Waals surface area contributed by atoms with Gasteiger partial charge in [-0.1, -0.05) is 13.0 Å². The molecule has 11 heteroatoms. The average Bonchev–Trinajstić information content (AvgIpc) is 3.22. The fourth-order valence-electron chi connectivity index (χ4n) is 3.95. The molecular weight excluding hydrogens is 467 g/mol. The van der Waals surface area contributed by atoms with E-state index >= 15 is 0 Å². The zero-order valence-electron chi connectivity index (χ0n) is 19.0. The number of benzene rings is 1. The van der Waals surface area contributed by atoms with Gasteiger partial charge in [0.15, 0.2) is 0 Å². The van der Waals surface area contributed by atoms with E-state index in [1.54, 1.807) is 6.07 Å². The molecule has 0 radical (unpaired) electrons. The van der Waals surface area contributed by atoms with Gasteiger partial charge in [0.2, 0.25) is 5.91 Å². The summed E-state index contributed by atoms with van der Waals surface area (Å²) in [5.74, 6) is -0.603. The summed E-state index contributed by atoms with van der Waals surface area (Å²) in [6.07, 6.45) is -2.49. The lowest BCUT2D eigenvalue weighted by molar-refractivity contribution is -0.138. The van der Waals surface area contributed by atoms with Crippen LogP contribution in [-0.4, -0.2) is 58.5 Å². The molecule has 3 heterocycles. The van der Waals surface area contributed by atoms with E-state index in [4.69, 9.17) is 0 Å². The van der Waals surface area contributed by atoms with Crippen molar-refractivity contribution in [1.82, 2.24) is 19.4 Å². The highest BCUT2D eigenvalue weighted by molar-refractivity contribution is 7.18. The van der Waals surface area contributed by atoms with E-state index < -0.39 is 17.6 Å². The van der Waals surface area contributed by atoms with Crippen LogP contribution >= 0.6 is 11.3 Å². The van der Waals surface area contributed by atoms with Crippen LogP contribution < -0.4 is 10.9 Å². The van der Waals surface area contributed by atoms with Gasteiger partial charge in [-0.05, 0) is 37.2 Å². The van der Waals surface area contributed by atoms with Crippen molar-refractivity contribution in [3.8, 4) is 0 Å². The maximum absolute atomic E-state index is 13.8. The Morgan fingerprint density at radius 2 is 1.91 bits per heavy atom. The minimum Gasteiger partial charge on any atom is -0.325 e. The van der Waals surface area contributed by atoms with E-state index in [1.807, 2.05) is 18.9 Å². The third kappa shape index (κ3) is 5.48. The van der Waals surface area contributed by atoms with Crippen LogP contribution in [0.5, 0.6) is 0 Å². The summed E-state index contributed by atoms with van der Waals surface area (Å²) in [6, 6.07) is 5.60. The van der Waals surface area contributed by atoms with Crippen molar-refractivity contribution < 1.29 is 18.0 Å². The highest BCUT2D eigenvalue weighted by Gasteiger charge is 2.34. The number of nitrogens with zero attached hydrogens (tertiary/aromatic N) is 4. The second kappa shape index (κ2) is 9.85. The Balaban J connectivity index is 1.50. The van der Waals surface area contributed by atoms with Gasteiger partial charge in [-0.3, -0.25) is 19.1 Å². The van der Waals surface area contributed by atoms with Crippen LogP contribution in [0.1, 0.15) is 22.9 Å². The van der Waals surface area contributed by atoms with E-state index in [-0.39, 0.29) is 29.9 Å². The molecule has 0 spiro atoms. The van der Waals surface area contributed by atoms with Gasteiger partial charge in [0.25, 0.3) is 5.56 Å². The number of nitrogens with one attached hydrogen (secondary N) is 1. The first kappa shape index (κ1) is 24.4. The summed E-state index contributed by atoms with van der Waals surface area (Å²) in [5, 5.41) is 2.92. The lowest BCUT2D eigenvalue weighted by Crippen LogP contribution is -2.44. The maximum Gasteiger partial charge on any atom is 0.416 e. The molecule has 1 aliphatic heterocycles. The van der Waals surface area contributed by atoms with Crippen molar-refractivity contribution in [2.75, 3.05) is 38.5 Å². The van der Waals surface area contributed by atoms with E-state index in [9.17, 15) is 22.8 Å². The summed E-state index contributed by atoms with van der Waals surface area (Å²) in [7, 11) is 1.99. The number of alkyl halides is 3. The Kier molecular flexibility index (Phi) is 7.06. The molecule has 7 nitrogen and oxygen atoms in total. The fourth-order valence-corrected chi connectivity index (χ4v) is 4.88. The number of carbonyl (C=O) groups excluding carboxylic acids is 1. The van der Waals surface area contributed by atoms with Gasteiger partial charge in [0.05, 0.1) is 17.3 Å². The van der Waals surface area contributed by atoms with Crippen molar-refractivity contribution in [2.24, 2.45) is 0 Å². The van der Waals surface area contributed by atoms with Gasteiger partial charge < -0.3 is 10.2 Å². The SMILES string of the molecule is CCc1cc2c(=O)n(CC(=O)Nc3ccc(CN4CCN(C)CC4)c(C(F)(F)F)c3)cnc2s1. The number of fused-ring (bicyclic) bond motifs is 1. The molecule has 1 saturated heterocycles. The first-order valence-corrected chi connectivity index (χ1v) is 11.8. The maximum atomic E-state index is 13.8. The first-order chi connectivity index (χ1) is 16.1. The highest BCUT2D eigenvalue weighted by atomic mass is 32.1. The van der Waals surface area contributed by atoms with E-state index in [0.29, 0.717) is 23.3 Å². The van der Waals surface area contributed by atoms with Gasteiger partial charge in [-0.15, -0.1) is 11.3 Å². The number of likely N-dealkylation sites (N-methyl/N-ethyl adjacent to an activating group) is 1. The number of carbonyl (C=O) groups is 1. The molecule has 1 N–H and O–H groups in total. The molecule has 4 rings (SSSR count). The fraction of sp³-hybridized carbons (Fsp3) is 0.435. The highest BCUT2D eigenvalue weighted by Crippen LogP contribution is 2.34.